The quantitative estimate of drug-likeness (QED) is 0.897. The zero-order chi connectivity index (χ0) is 13.4. The van der Waals surface area contributed by atoms with E-state index in [4.69, 9.17) is 5.11 Å². The number of aliphatic carboxylic acids is 1. The standard InChI is InChI=1S/C14H16N2O3/c17-13(16-7-1-2-12(16)14(18)19)11-6-5-10(8-15-11)9-3-4-9/h5-6,8-9,12H,1-4,7H2,(H,18,19). The zero-order valence-electron chi connectivity index (χ0n) is 10.6. The van der Waals surface area contributed by atoms with Gasteiger partial charge in [-0.05, 0) is 43.2 Å². The number of nitrogens with zero attached hydrogens (tertiary/aromatic N) is 2. The van der Waals surface area contributed by atoms with Gasteiger partial charge in [0, 0.05) is 12.7 Å². The lowest BCUT2D eigenvalue weighted by atomic mass is 10.1. The molecule has 1 N–H and O–H groups in total. The largest absolute Gasteiger partial charge is 0.480 e. The first-order valence-electron chi connectivity index (χ1n) is 6.66. The molecular formula is C14H16N2O3. The Morgan fingerprint density at radius 3 is 2.63 bits per heavy atom. The first kappa shape index (κ1) is 12.1. The van der Waals surface area contributed by atoms with Crippen LogP contribution in [-0.2, 0) is 4.79 Å². The van der Waals surface area contributed by atoms with Gasteiger partial charge >= 0.3 is 5.97 Å². The second-order valence-electron chi connectivity index (χ2n) is 5.25. The minimum absolute atomic E-state index is 0.271. The van der Waals surface area contributed by atoms with Gasteiger partial charge in [0.25, 0.3) is 5.91 Å². The number of carbonyl (C=O) groups is 2. The maximum absolute atomic E-state index is 12.3. The smallest absolute Gasteiger partial charge is 0.326 e. The summed E-state index contributed by atoms with van der Waals surface area (Å²) in [5, 5.41) is 9.09. The predicted molar refractivity (Wildman–Crippen MR) is 67.9 cm³/mol. The molecule has 100 valence electrons. The molecule has 5 nitrogen and oxygen atoms in total. The van der Waals surface area contributed by atoms with Gasteiger partial charge in [-0.1, -0.05) is 6.07 Å². The number of rotatable bonds is 3. The molecule has 19 heavy (non-hydrogen) atoms. The number of hydrogen-bond acceptors (Lipinski definition) is 3. The number of likely N-dealkylation sites (tertiary alicyclic amines) is 1. The van der Waals surface area contributed by atoms with Crippen molar-refractivity contribution in [2.45, 2.75) is 37.6 Å². The first-order valence-corrected chi connectivity index (χ1v) is 6.66. The SMILES string of the molecule is O=C(O)C1CCCN1C(=O)c1ccc(C2CC2)cn1. The van der Waals surface area contributed by atoms with Crippen molar-refractivity contribution in [1.82, 2.24) is 9.88 Å². The maximum Gasteiger partial charge on any atom is 0.326 e. The summed E-state index contributed by atoms with van der Waals surface area (Å²) in [5.74, 6) is -0.595. The second kappa shape index (κ2) is 4.64. The third kappa shape index (κ3) is 2.32. The van der Waals surface area contributed by atoms with Crippen molar-refractivity contribution < 1.29 is 14.7 Å². The Morgan fingerprint density at radius 2 is 2.05 bits per heavy atom. The highest BCUT2D eigenvalue weighted by Gasteiger charge is 2.35. The van der Waals surface area contributed by atoms with E-state index in [0.29, 0.717) is 24.6 Å². The Morgan fingerprint density at radius 1 is 1.26 bits per heavy atom. The summed E-state index contributed by atoms with van der Waals surface area (Å²) in [6, 6.07) is 2.95. The predicted octanol–water partition coefficient (Wildman–Crippen LogP) is 1.65. The lowest BCUT2D eigenvalue weighted by molar-refractivity contribution is -0.141. The van der Waals surface area contributed by atoms with Crippen LogP contribution in [0, 0.1) is 0 Å². The van der Waals surface area contributed by atoms with Gasteiger partial charge in [-0.2, -0.15) is 0 Å². The van der Waals surface area contributed by atoms with Crippen LogP contribution in [0.1, 0.15) is 47.7 Å². The molecule has 1 aromatic rings. The van der Waals surface area contributed by atoms with Gasteiger partial charge in [-0.25, -0.2) is 4.79 Å². The van der Waals surface area contributed by atoms with Crippen molar-refractivity contribution >= 4 is 11.9 Å². The molecule has 2 heterocycles. The molecule has 0 bridgehead atoms. The fourth-order valence-corrected chi connectivity index (χ4v) is 2.60. The van der Waals surface area contributed by atoms with Crippen molar-refractivity contribution in [2.75, 3.05) is 6.54 Å². The monoisotopic (exact) mass is 260 g/mol. The Labute approximate surface area is 111 Å². The zero-order valence-corrected chi connectivity index (χ0v) is 10.6. The topological polar surface area (TPSA) is 70.5 Å². The van der Waals surface area contributed by atoms with Crippen LogP contribution in [0.4, 0.5) is 0 Å². The van der Waals surface area contributed by atoms with E-state index in [9.17, 15) is 9.59 Å². The third-order valence-electron chi connectivity index (χ3n) is 3.85. The number of pyridine rings is 1. The van der Waals surface area contributed by atoms with E-state index >= 15 is 0 Å². The van der Waals surface area contributed by atoms with Gasteiger partial charge in [0.2, 0.25) is 0 Å². The molecule has 1 saturated heterocycles. The molecule has 2 fully saturated rings. The van der Waals surface area contributed by atoms with Crippen LogP contribution in [0.25, 0.3) is 0 Å². The normalized spacial score (nSPS) is 22.5. The van der Waals surface area contributed by atoms with Crippen LogP contribution in [-0.4, -0.2) is 39.5 Å². The number of hydrogen-bond donors (Lipinski definition) is 1. The molecule has 1 aliphatic heterocycles. The number of amides is 1. The fourth-order valence-electron chi connectivity index (χ4n) is 2.60. The fraction of sp³-hybridized carbons (Fsp3) is 0.500. The van der Waals surface area contributed by atoms with Crippen LogP contribution < -0.4 is 0 Å². The molecule has 0 spiro atoms. The van der Waals surface area contributed by atoms with Crippen molar-refractivity contribution in [1.29, 1.82) is 0 Å². The molecular weight excluding hydrogens is 244 g/mol. The minimum atomic E-state index is -0.930. The summed E-state index contributed by atoms with van der Waals surface area (Å²) in [7, 11) is 0. The summed E-state index contributed by atoms with van der Waals surface area (Å²) >= 11 is 0. The summed E-state index contributed by atoms with van der Waals surface area (Å²) in [6.45, 7) is 0.502. The molecule has 2 aliphatic rings. The molecule has 1 unspecified atom stereocenters. The maximum atomic E-state index is 12.3. The summed E-state index contributed by atoms with van der Waals surface area (Å²) < 4.78 is 0. The van der Waals surface area contributed by atoms with E-state index in [1.165, 1.54) is 23.3 Å². The highest BCUT2D eigenvalue weighted by atomic mass is 16.4. The molecule has 0 aromatic carbocycles. The van der Waals surface area contributed by atoms with E-state index in [1.807, 2.05) is 6.07 Å². The van der Waals surface area contributed by atoms with Crippen molar-refractivity contribution in [3.63, 3.8) is 0 Å². The molecule has 1 saturated carbocycles. The van der Waals surface area contributed by atoms with E-state index in [1.54, 1.807) is 12.3 Å². The number of aromatic nitrogens is 1. The van der Waals surface area contributed by atoms with Crippen LogP contribution in [0.5, 0.6) is 0 Å². The first-order chi connectivity index (χ1) is 9.16. The number of carbonyl (C=O) groups excluding carboxylic acids is 1. The Hall–Kier alpha value is -1.91. The van der Waals surface area contributed by atoms with Gasteiger partial charge in [0.1, 0.15) is 11.7 Å². The number of carboxylic acids is 1. The van der Waals surface area contributed by atoms with Crippen molar-refractivity contribution in [2.24, 2.45) is 0 Å². The second-order valence-corrected chi connectivity index (χ2v) is 5.25. The average Bonchev–Trinajstić information content (AvgIpc) is 3.14. The summed E-state index contributed by atoms with van der Waals surface area (Å²) in [6.07, 6.45) is 5.41. The van der Waals surface area contributed by atoms with E-state index < -0.39 is 12.0 Å². The van der Waals surface area contributed by atoms with Gasteiger partial charge in [-0.15, -0.1) is 0 Å². The Bertz CT molecular complexity index is 508. The van der Waals surface area contributed by atoms with Crippen LogP contribution in [0.3, 0.4) is 0 Å². The average molecular weight is 260 g/mol. The highest BCUT2D eigenvalue weighted by Crippen LogP contribution is 2.39. The minimum Gasteiger partial charge on any atom is -0.480 e. The molecule has 1 aromatic heterocycles. The van der Waals surface area contributed by atoms with Crippen molar-refractivity contribution in [3.8, 4) is 0 Å². The molecule has 3 rings (SSSR count). The highest BCUT2D eigenvalue weighted by molar-refractivity contribution is 5.95. The van der Waals surface area contributed by atoms with E-state index in [0.717, 1.165) is 6.42 Å². The van der Waals surface area contributed by atoms with Crippen LogP contribution in [0.15, 0.2) is 18.3 Å². The van der Waals surface area contributed by atoms with Gasteiger partial charge in [-0.3, -0.25) is 9.78 Å². The van der Waals surface area contributed by atoms with Crippen molar-refractivity contribution in [3.05, 3.63) is 29.6 Å². The van der Waals surface area contributed by atoms with E-state index in [2.05, 4.69) is 4.98 Å². The van der Waals surface area contributed by atoms with Crippen LogP contribution in [0.2, 0.25) is 0 Å². The van der Waals surface area contributed by atoms with Gasteiger partial charge < -0.3 is 10.0 Å². The Balaban J connectivity index is 1.77. The Kier molecular flexibility index (Phi) is 2.97. The lowest BCUT2D eigenvalue weighted by Gasteiger charge is -2.20. The lowest BCUT2D eigenvalue weighted by Crippen LogP contribution is -2.40. The number of carboxylic acid groups (broad SMARTS) is 1. The molecule has 1 aliphatic carbocycles. The summed E-state index contributed by atoms with van der Waals surface area (Å²) in [4.78, 5) is 29.0. The van der Waals surface area contributed by atoms with E-state index in [-0.39, 0.29) is 5.91 Å². The van der Waals surface area contributed by atoms with Crippen LogP contribution >= 0.6 is 0 Å². The van der Waals surface area contributed by atoms with Gasteiger partial charge in [0.05, 0.1) is 0 Å². The molecule has 1 amide bonds. The third-order valence-corrected chi connectivity index (χ3v) is 3.85. The van der Waals surface area contributed by atoms with Gasteiger partial charge in [0.15, 0.2) is 0 Å². The molecule has 0 radical (unpaired) electrons. The molecule has 5 heteroatoms. The molecule has 1 atom stereocenters. The summed E-state index contributed by atoms with van der Waals surface area (Å²) in [5.41, 5.74) is 1.52.